The van der Waals surface area contributed by atoms with Crippen LogP contribution < -0.4 is 5.32 Å². The highest BCUT2D eigenvalue weighted by Gasteiger charge is 2.15. The molecule has 0 aromatic rings. The van der Waals surface area contributed by atoms with Gasteiger partial charge >= 0.3 is 6.09 Å². The second-order valence-corrected chi connectivity index (χ2v) is 4.94. The van der Waals surface area contributed by atoms with E-state index in [1.807, 2.05) is 26.8 Å². The molecule has 0 atom stereocenters. The fourth-order valence-electron chi connectivity index (χ4n) is 1.14. The molecule has 0 aromatic heterocycles. The van der Waals surface area contributed by atoms with E-state index < -0.39 is 5.60 Å². The van der Waals surface area contributed by atoms with Gasteiger partial charge in [0, 0.05) is 6.54 Å². The van der Waals surface area contributed by atoms with Crippen LogP contribution in [-0.2, 0) is 9.53 Å². The maximum atomic E-state index is 11.2. The first-order valence-corrected chi connectivity index (χ1v) is 5.95. The third-order valence-electron chi connectivity index (χ3n) is 1.82. The van der Waals surface area contributed by atoms with Crippen molar-refractivity contribution in [1.82, 2.24) is 5.32 Å². The molecule has 1 N–H and O–H groups in total. The first-order chi connectivity index (χ1) is 7.81. The van der Waals surface area contributed by atoms with E-state index in [0.717, 1.165) is 19.3 Å². The highest BCUT2D eigenvalue weighted by Crippen LogP contribution is 2.06. The minimum atomic E-state index is -0.450. The van der Waals surface area contributed by atoms with Crippen LogP contribution >= 0.6 is 0 Å². The molecule has 0 heterocycles. The largest absolute Gasteiger partial charge is 0.444 e. The maximum Gasteiger partial charge on any atom is 0.407 e. The summed E-state index contributed by atoms with van der Waals surface area (Å²) < 4.78 is 5.09. The van der Waals surface area contributed by atoms with Crippen LogP contribution in [0.1, 0.15) is 47.0 Å². The number of carbonyl (C=O) groups excluding carboxylic acids is 2. The van der Waals surface area contributed by atoms with E-state index in [9.17, 15) is 9.59 Å². The minimum absolute atomic E-state index is 0.0666. The van der Waals surface area contributed by atoms with Gasteiger partial charge in [-0.1, -0.05) is 6.08 Å². The lowest BCUT2D eigenvalue weighted by molar-refractivity contribution is -0.112. The van der Waals surface area contributed by atoms with Crippen LogP contribution in [0, 0.1) is 0 Å². The second-order valence-electron chi connectivity index (χ2n) is 4.94. The molecule has 0 saturated carbocycles. The van der Waals surface area contributed by atoms with Crippen LogP contribution in [0.3, 0.4) is 0 Å². The van der Waals surface area contributed by atoms with Gasteiger partial charge < -0.3 is 10.1 Å². The van der Waals surface area contributed by atoms with Crippen LogP contribution in [0.4, 0.5) is 4.79 Å². The van der Waals surface area contributed by atoms with E-state index in [2.05, 4.69) is 5.32 Å². The highest BCUT2D eigenvalue weighted by molar-refractivity contribution is 5.87. The molecule has 4 heteroatoms. The Balaban J connectivity index is 3.46. The average molecular weight is 241 g/mol. The van der Waals surface area contributed by atoms with Crippen LogP contribution in [0.5, 0.6) is 0 Å². The maximum absolute atomic E-state index is 11.2. The van der Waals surface area contributed by atoms with Crippen molar-refractivity contribution < 1.29 is 14.3 Å². The number of nitrogens with one attached hydrogen (secondary N) is 1. The van der Waals surface area contributed by atoms with E-state index >= 15 is 0 Å². The van der Waals surface area contributed by atoms with Gasteiger partial charge in [0.15, 0.2) is 5.78 Å². The van der Waals surface area contributed by atoms with E-state index in [4.69, 9.17) is 4.74 Å². The van der Waals surface area contributed by atoms with Gasteiger partial charge in [0.05, 0.1) is 0 Å². The Morgan fingerprint density at radius 3 is 2.41 bits per heavy atom. The van der Waals surface area contributed by atoms with Crippen molar-refractivity contribution in [2.45, 2.75) is 52.6 Å². The molecule has 4 nitrogen and oxygen atoms in total. The number of unbranched alkanes of at least 4 members (excludes halogenated alkanes) is 2. The first-order valence-electron chi connectivity index (χ1n) is 5.95. The molecule has 0 aliphatic carbocycles. The molecule has 0 aromatic carbocycles. The number of hydrogen-bond acceptors (Lipinski definition) is 3. The lowest BCUT2D eigenvalue weighted by Crippen LogP contribution is -2.32. The summed E-state index contributed by atoms with van der Waals surface area (Å²) in [5.41, 5.74) is -0.450. The lowest BCUT2D eigenvalue weighted by Gasteiger charge is -2.19. The van der Waals surface area contributed by atoms with Gasteiger partial charge in [0.1, 0.15) is 5.60 Å². The van der Waals surface area contributed by atoms with Gasteiger partial charge in [-0.2, -0.15) is 0 Å². The molecule has 98 valence electrons. The fourth-order valence-corrected chi connectivity index (χ4v) is 1.14. The molecule has 17 heavy (non-hydrogen) atoms. The van der Waals surface area contributed by atoms with Gasteiger partial charge in [0.25, 0.3) is 0 Å². The van der Waals surface area contributed by atoms with Crippen molar-refractivity contribution in [3.8, 4) is 0 Å². The molecular formula is C13H23NO3. The van der Waals surface area contributed by atoms with Crippen molar-refractivity contribution in [2.75, 3.05) is 6.54 Å². The normalized spacial score (nSPS) is 11.5. The number of ether oxygens (including phenoxy) is 1. The number of carbonyl (C=O) groups is 2. The SMILES string of the molecule is CC(=O)/C=C/CCCCNC(=O)OC(C)(C)C. The van der Waals surface area contributed by atoms with Crippen molar-refractivity contribution in [3.63, 3.8) is 0 Å². The number of ketones is 1. The summed E-state index contributed by atoms with van der Waals surface area (Å²) in [5.74, 6) is 0.0666. The zero-order valence-electron chi connectivity index (χ0n) is 11.2. The predicted molar refractivity (Wildman–Crippen MR) is 67.9 cm³/mol. The summed E-state index contributed by atoms with van der Waals surface area (Å²) in [5, 5.41) is 2.69. The van der Waals surface area contributed by atoms with E-state index in [-0.39, 0.29) is 11.9 Å². The molecule has 0 aliphatic heterocycles. The standard InChI is InChI=1S/C13H23NO3/c1-11(15)9-7-5-6-8-10-14-12(16)17-13(2,3)4/h7,9H,5-6,8,10H2,1-4H3,(H,14,16)/b9-7+. The molecule has 0 spiro atoms. The summed E-state index contributed by atoms with van der Waals surface area (Å²) >= 11 is 0. The average Bonchev–Trinajstić information content (AvgIpc) is 2.12. The number of amides is 1. The summed E-state index contributed by atoms with van der Waals surface area (Å²) in [6.45, 7) is 7.63. The second kappa shape index (κ2) is 7.87. The lowest BCUT2D eigenvalue weighted by atomic mass is 10.2. The molecule has 0 aliphatic rings. The highest BCUT2D eigenvalue weighted by atomic mass is 16.6. The van der Waals surface area contributed by atoms with Gasteiger partial charge in [-0.25, -0.2) is 4.79 Å². The van der Waals surface area contributed by atoms with Crippen LogP contribution in [-0.4, -0.2) is 24.0 Å². The zero-order valence-corrected chi connectivity index (χ0v) is 11.2. The molecule has 0 bridgehead atoms. The summed E-state index contributed by atoms with van der Waals surface area (Å²) in [4.78, 5) is 21.8. The summed E-state index contributed by atoms with van der Waals surface area (Å²) in [7, 11) is 0. The summed E-state index contributed by atoms with van der Waals surface area (Å²) in [6, 6.07) is 0. The minimum Gasteiger partial charge on any atom is -0.444 e. The molecular weight excluding hydrogens is 218 g/mol. The van der Waals surface area contributed by atoms with Gasteiger partial charge in [-0.05, 0) is 53.0 Å². The monoisotopic (exact) mass is 241 g/mol. The van der Waals surface area contributed by atoms with E-state index in [1.54, 1.807) is 6.08 Å². The predicted octanol–water partition coefficient (Wildman–Crippen LogP) is 2.83. The molecule has 0 radical (unpaired) electrons. The Labute approximate surface area is 103 Å². The topological polar surface area (TPSA) is 55.4 Å². The van der Waals surface area contributed by atoms with Crippen molar-refractivity contribution >= 4 is 11.9 Å². The number of rotatable bonds is 6. The molecule has 0 rings (SSSR count). The van der Waals surface area contributed by atoms with Gasteiger partial charge in [-0.15, -0.1) is 0 Å². The van der Waals surface area contributed by atoms with E-state index in [0.29, 0.717) is 6.54 Å². The third kappa shape index (κ3) is 12.6. The quantitative estimate of drug-likeness (QED) is 0.574. The number of alkyl carbamates (subject to hydrolysis) is 1. The molecule has 0 saturated heterocycles. The van der Waals surface area contributed by atoms with Gasteiger partial charge in [-0.3, -0.25) is 4.79 Å². The van der Waals surface area contributed by atoms with Crippen molar-refractivity contribution in [1.29, 1.82) is 0 Å². The van der Waals surface area contributed by atoms with Crippen molar-refractivity contribution in [3.05, 3.63) is 12.2 Å². The Morgan fingerprint density at radius 1 is 1.24 bits per heavy atom. The Kier molecular flexibility index (Phi) is 7.26. The first kappa shape index (κ1) is 15.7. The number of allylic oxidation sites excluding steroid dienone is 2. The molecule has 0 fully saturated rings. The zero-order chi connectivity index (χ0) is 13.3. The number of hydrogen-bond donors (Lipinski definition) is 1. The van der Waals surface area contributed by atoms with Crippen LogP contribution in [0.25, 0.3) is 0 Å². The Hall–Kier alpha value is -1.32. The van der Waals surface area contributed by atoms with Crippen LogP contribution in [0.2, 0.25) is 0 Å². The smallest absolute Gasteiger partial charge is 0.407 e. The van der Waals surface area contributed by atoms with Crippen LogP contribution in [0.15, 0.2) is 12.2 Å². The molecule has 1 amide bonds. The Bertz CT molecular complexity index is 277. The fraction of sp³-hybridized carbons (Fsp3) is 0.692. The molecule has 0 unspecified atom stereocenters. The third-order valence-corrected chi connectivity index (χ3v) is 1.82. The Morgan fingerprint density at radius 2 is 1.88 bits per heavy atom. The van der Waals surface area contributed by atoms with Gasteiger partial charge in [0.2, 0.25) is 0 Å². The van der Waals surface area contributed by atoms with E-state index in [1.165, 1.54) is 6.92 Å². The summed E-state index contributed by atoms with van der Waals surface area (Å²) in [6.07, 6.45) is 5.73. The van der Waals surface area contributed by atoms with Crippen molar-refractivity contribution in [2.24, 2.45) is 0 Å².